The lowest BCUT2D eigenvalue weighted by Crippen LogP contribution is -2.52. The van der Waals surface area contributed by atoms with Gasteiger partial charge in [0.05, 0.1) is 12.1 Å². The van der Waals surface area contributed by atoms with Gasteiger partial charge in [-0.2, -0.15) is 0 Å². The Morgan fingerprint density at radius 3 is 2.96 bits per heavy atom. The summed E-state index contributed by atoms with van der Waals surface area (Å²) in [5, 5.41) is 6.15. The highest BCUT2D eigenvalue weighted by Crippen LogP contribution is 2.17. The van der Waals surface area contributed by atoms with Gasteiger partial charge in [0, 0.05) is 31.1 Å². The number of aryl methyl sites for hydroxylation is 1. The molecule has 0 saturated carbocycles. The Balaban J connectivity index is 1.53. The highest BCUT2D eigenvalue weighted by atomic mass is 32.1. The molecule has 1 aromatic carbocycles. The molecule has 1 saturated heterocycles. The number of carbonyl (C=O) groups excluding carboxylic acids is 1. The van der Waals surface area contributed by atoms with Gasteiger partial charge < -0.3 is 15.0 Å². The van der Waals surface area contributed by atoms with Crippen molar-refractivity contribution in [2.45, 2.75) is 32.9 Å². The molecule has 0 aliphatic carbocycles. The second-order valence-electron chi connectivity index (χ2n) is 6.15. The number of rotatable bonds is 5. The molecule has 1 N–H and O–H groups in total. The molecule has 1 amide bonds. The number of nitrogens with one attached hydrogen (secondary N) is 1. The molecule has 24 heavy (non-hydrogen) atoms. The Morgan fingerprint density at radius 2 is 2.21 bits per heavy atom. The first-order valence-electron chi connectivity index (χ1n) is 8.25. The minimum Gasteiger partial charge on any atom is -0.486 e. The summed E-state index contributed by atoms with van der Waals surface area (Å²) in [6.45, 7) is 7.06. The molecule has 1 atom stereocenters. The molecule has 1 aromatic heterocycles. The zero-order valence-corrected chi connectivity index (χ0v) is 14.9. The number of ether oxygens (including phenoxy) is 1. The fourth-order valence-electron chi connectivity index (χ4n) is 2.74. The summed E-state index contributed by atoms with van der Waals surface area (Å²) < 4.78 is 5.74. The van der Waals surface area contributed by atoms with Crippen molar-refractivity contribution >= 4 is 17.2 Å². The van der Waals surface area contributed by atoms with Gasteiger partial charge >= 0.3 is 0 Å². The monoisotopic (exact) mass is 345 g/mol. The van der Waals surface area contributed by atoms with E-state index in [0.29, 0.717) is 13.0 Å². The molecule has 0 unspecified atom stereocenters. The van der Waals surface area contributed by atoms with E-state index in [1.807, 2.05) is 41.5 Å². The van der Waals surface area contributed by atoms with Crippen LogP contribution in [-0.2, 0) is 17.8 Å². The molecule has 3 rings (SSSR count). The summed E-state index contributed by atoms with van der Waals surface area (Å²) >= 11 is 1.54. The smallest absolute Gasteiger partial charge is 0.228 e. The van der Waals surface area contributed by atoms with Gasteiger partial charge in [-0.1, -0.05) is 17.7 Å². The van der Waals surface area contributed by atoms with Gasteiger partial charge in [0.25, 0.3) is 0 Å². The van der Waals surface area contributed by atoms with Crippen LogP contribution in [0.4, 0.5) is 0 Å². The Morgan fingerprint density at radius 1 is 1.42 bits per heavy atom. The first-order valence-corrected chi connectivity index (χ1v) is 9.13. The third-order valence-electron chi connectivity index (χ3n) is 4.14. The molecule has 0 bridgehead atoms. The number of benzene rings is 1. The van der Waals surface area contributed by atoms with Crippen LogP contribution in [0.2, 0.25) is 0 Å². The van der Waals surface area contributed by atoms with E-state index in [4.69, 9.17) is 4.74 Å². The highest BCUT2D eigenvalue weighted by Gasteiger charge is 2.23. The van der Waals surface area contributed by atoms with Crippen LogP contribution in [0.15, 0.2) is 29.6 Å². The lowest BCUT2D eigenvalue weighted by Gasteiger charge is -2.33. The third kappa shape index (κ3) is 4.33. The van der Waals surface area contributed by atoms with Gasteiger partial charge in [-0.15, -0.1) is 11.3 Å². The van der Waals surface area contributed by atoms with E-state index in [2.05, 4.69) is 17.2 Å². The second-order valence-corrected chi connectivity index (χ2v) is 7.09. The SMILES string of the molecule is Cc1ccc(OCc2nc(CC(=O)N3CCNC[C@@H]3C)cs2)cc1. The number of piperazine rings is 1. The Bertz CT molecular complexity index is 684. The average molecular weight is 345 g/mol. The van der Waals surface area contributed by atoms with Gasteiger partial charge in [0.15, 0.2) is 0 Å². The van der Waals surface area contributed by atoms with E-state index in [0.717, 1.165) is 36.1 Å². The van der Waals surface area contributed by atoms with Crippen LogP contribution in [0.1, 0.15) is 23.2 Å². The van der Waals surface area contributed by atoms with Gasteiger partial charge in [-0.05, 0) is 26.0 Å². The minimum atomic E-state index is 0.153. The normalized spacial score (nSPS) is 17.8. The van der Waals surface area contributed by atoms with Crippen LogP contribution in [0.25, 0.3) is 0 Å². The molecule has 0 radical (unpaired) electrons. The fraction of sp³-hybridized carbons (Fsp3) is 0.444. The summed E-state index contributed by atoms with van der Waals surface area (Å²) in [5.74, 6) is 0.989. The van der Waals surface area contributed by atoms with Crippen molar-refractivity contribution in [2.75, 3.05) is 19.6 Å². The van der Waals surface area contributed by atoms with Crippen LogP contribution in [-0.4, -0.2) is 41.5 Å². The highest BCUT2D eigenvalue weighted by molar-refractivity contribution is 7.09. The predicted octanol–water partition coefficient (Wildman–Crippen LogP) is 2.39. The fourth-order valence-corrected chi connectivity index (χ4v) is 3.45. The van der Waals surface area contributed by atoms with Crippen molar-refractivity contribution in [3.63, 3.8) is 0 Å². The number of thiazole rings is 1. The number of nitrogens with zero attached hydrogens (tertiary/aromatic N) is 2. The van der Waals surface area contributed by atoms with Gasteiger partial charge in [0.1, 0.15) is 17.4 Å². The molecule has 2 aromatic rings. The lowest BCUT2D eigenvalue weighted by molar-refractivity contribution is -0.133. The topological polar surface area (TPSA) is 54.5 Å². The number of amides is 1. The molecule has 1 aliphatic rings. The predicted molar refractivity (Wildman–Crippen MR) is 95.4 cm³/mol. The van der Waals surface area contributed by atoms with Crippen molar-refractivity contribution in [3.05, 3.63) is 45.9 Å². The molecular weight excluding hydrogens is 322 g/mol. The van der Waals surface area contributed by atoms with Crippen molar-refractivity contribution in [2.24, 2.45) is 0 Å². The summed E-state index contributed by atoms with van der Waals surface area (Å²) in [7, 11) is 0. The molecule has 0 spiro atoms. The van der Waals surface area contributed by atoms with Crippen molar-refractivity contribution in [1.82, 2.24) is 15.2 Å². The molecule has 1 fully saturated rings. The first-order chi connectivity index (χ1) is 11.6. The Kier molecular flexibility index (Phi) is 5.48. The van der Waals surface area contributed by atoms with Crippen LogP contribution in [0, 0.1) is 6.92 Å². The van der Waals surface area contributed by atoms with Gasteiger partial charge in [0.2, 0.25) is 5.91 Å². The van der Waals surface area contributed by atoms with E-state index in [1.165, 1.54) is 5.56 Å². The average Bonchev–Trinajstić information content (AvgIpc) is 3.02. The molecule has 2 heterocycles. The largest absolute Gasteiger partial charge is 0.486 e. The van der Waals surface area contributed by atoms with E-state index >= 15 is 0 Å². The maximum atomic E-state index is 12.4. The van der Waals surface area contributed by atoms with Crippen LogP contribution >= 0.6 is 11.3 Å². The second kappa shape index (κ2) is 7.77. The van der Waals surface area contributed by atoms with Crippen LogP contribution < -0.4 is 10.1 Å². The molecular formula is C18H23N3O2S. The van der Waals surface area contributed by atoms with Gasteiger partial charge in [-0.3, -0.25) is 4.79 Å². The summed E-state index contributed by atoms with van der Waals surface area (Å²) in [6, 6.07) is 8.21. The Hall–Kier alpha value is -1.92. The zero-order chi connectivity index (χ0) is 16.9. The molecule has 128 valence electrons. The third-order valence-corrected chi connectivity index (χ3v) is 5.01. The first kappa shape index (κ1) is 16.9. The maximum Gasteiger partial charge on any atom is 0.228 e. The summed E-state index contributed by atoms with van der Waals surface area (Å²) in [4.78, 5) is 18.9. The van der Waals surface area contributed by atoms with E-state index in [-0.39, 0.29) is 11.9 Å². The van der Waals surface area contributed by atoms with E-state index in [9.17, 15) is 4.79 Å². The number of carbonyl (C=O) groups is 1. The number of hydrogen-bond acceptors (Lipinski definition) is 5. The number of hydrogen-bond donors (Lipinski definition) is 1. The van der Waals surface area contributed by atoms with Crippen LogP contribution in [0.5, 0.6) is 5.75 Å². The summed E-state index contributed by atoms with van der Waals surface area (Å²) in [5.41, 5.74) is 2.04. The number of aromatic nitrogens is 1. The standard InChI is InChI=1S/C18H23N3O2S/c1-13-3-5-16(6-4-13)23-11-17-20-15(12-24-17)9-18(22)21-8-7-19-10-14(21)2/h3-6,12,14,19H,7-11H2,1-2H3/t14-/m0/s1. The van der Waals surface area contributed by atoms with Crippen molar-refractivity contribution in [1.29, 1.82) is 0 Å². The quantitative estimate of drug-likeness (QED) is 0.904. The minimum absolute atomic E-state index is 0.153. The van der Waals surface area contributed by atoms with Crippen LogP contribution in [0.3, 0.4) is 0 Å². The molecule has 1 aliphatic heterocycles. The van der Waals surface area contributed by atoms with E-state index in [1.54, 1.807) is 11.3 Å². The van der Waals surface area contributed by atoms with Crippen molar-refractivity contribution in [3.8, 4) is 5.75 Å². The summed E-state index contributed by atoms with van der Waals surface area (Å²) in [6.07, 6.45) is 0.366. The van der Waals surface area contributed by atoms with Gasteiger partial charge in [-0.25, -0.2) is 4.98 Å². The van der Waals surface area contributed by atoms with Crippen molar-refractivity contribution < 1.29 is 9.53 Å². The maximum absolute atomic E-state index is 12.4. The van der Waals surface area contributed by atoms with E-state index < -0.39 is 0 Å². The lowest BCUT2D eigenvalue weighted by atomic mass is 10.2. The zero-order valence-electron chi connectivity index (χ0n) is 14.1. The molecule has 5 nitrogen and oxygen atoms in total. The molecule has 6 heteroatoms. The Labute approximate surface area is 146 Å².